The normalized spacial score (nSPS) is 11.7. The zero-order valence-corrected chi connectivity index (χ0v) is 8.72. The van der Waals surface area contributed by atoms with Gasteiger partial charge in [-0.1, -0.05) is 19.6 Å². The Labute approximate surface area is 75.1 Å². The van der Waals surface area contributed by atoms with Crippen molar-refractivity contribution in [2.45, 2.75) is 19.6 Å². The monoisotopic (exact) mass is 202 g/mol. The SMILES string of the molecule is C[Si](C)(C)n1cc(F)c(=O)[nH]c1=O. The minimum Gasteiger partial charge on any atom is -0.326 e. The molecule has 1 rings (SSSR count). The van der Waals surface area contributed by atoms with Gasteiger partial charge in [0.05, 0.1) is 0 Å². The zero-order chi connectivity index (χ0) is 10.2. The molecule has 0 bridgehead atoms. The third kappa shape index (κ3) is 1.94. The minimum atomic E-state index is -1.94. The molecule has 0 spiro atoms. The van der Waals surface area contributed by atoms with Crippen molar-refractivity contribution in [3.63, 3.8) is 0 Å². The van der Waals surface area contributed by atoms with Crippen LogP contribution in [0.3, 0.4) is 0 Å². The standard InChI is InChI=1S/C7H11FN2O2Si/c1-13(2,3)10-4-5(8)6(11)9-7(10)12/h4H,1-3H3,(H,9,11,12). The molecule has 0 radical (unpaired) electrons. The Morgan fingerprint density at radius 2 is 1.92 bits per heavy atom. The van der Waals surface area contributed by atoms with Crippen LogP contribution in [-0.2, 0) is 0 Å². The fraction of sp³-hybridized carbons (Fsp3) is 0.429. The number of H-pyrrole nitrogens is 1. The first-order chi connectivity index (χ1) is 5.82. The van der Waals surface area contributed by atoms with E-state index in [1.54, 1.807) is 0 Å². The summed E-state index contributed by atoms with van der Waals surface area (Å²) in [6, 6.07) is 0. The van der Waals surface area contributed by atoms with Gasteiger partial charge in [-0.2, -0.15) is 4.39 Å². The third-order valence-corrected chi connectivity index (χ3v) is 3.40. The molecule has 1 heterocycles. The van der Waals surface area contributed by atoms with Crippen LogP contribution >= 0.6 is 0 Å². The quantitative estimate of drug-likeness (QED) is 0.668. The van der Waals surface area contributed by atoms with E-state index in [2.05, 4.69) is 0 Å². The van der Waals surface area contributed by atoms with Gasteiger partial charge in [0.15, 0.2) is 8.24 Å². The van der Waals surface area contributed by atoms with Crippen LogP contribution in [0.5, 0.6) is 0 Å². The van der Waals surface area contributed by atoms with Crippen LogP contribution in [0.4, 0.5) is 4.39 Å². The van der Waals surface area contributed by atoms with Gasteiger partial charge in [0.25, 0.3) is 5.56 Å². The highest BCUT2D eigenvalue weighted by Gasteiger charge is 2.19. The van der Waals surface area contributed by atoms with E-state index in [9.17, 15) is 14.0 Å². The molecule has 72 valence electrons. The summed E-state index contributed by atoms with van der Waals surface area (Å²) in [4.78, 5) is 23.8. The summed E-state index contributed by atoms with van der Waals surface area (Å²) in [5, 5.41) is 0. The lowest BCUT2D eigenvalue weighted by Crippen LogP contribution is -2.45. The maximum absolute atomic E-state index is 12.8. The number of aromatic nitrogens is 2. The van der Waals surface area contributed by atoms with Crippen molar-refractivity contribution >= 4 is 8.24 Å². The lowest BCUT2D eigenvalue weighted by Gasteiger charge is -2.18. The van der Waals surface area contributed by atoms with Gasteiger partial charge in [0.1, 0.15) is 0 Å². The molecule has 0 fully saturated rings. The summed E-state index contributed by atoms with van der Waals surface area (Å²) in [7, 11) is -1.94. The Kier molecular flexibility index (Phi) is 2.25. The van der Waals surface area contributed by atoms with E-state index in [1.165, 1.54) is 4.23 Å². The molecule has 1 N–H and O–H groups in total. The van der Waals surface area contributed by atoms with Crippen molar-refractivity contribution in [3.8, 4) is 0 Å². The van der Waals surface area contributed by atoms with E-state index in [4.69, 9.17) is 0 Å². The number of rotatable bonds is 1. The lowest BCUT2D eigenvalue weighted by molar-refractivity contribution is 0.590. The van der Waals surface area contributed by atoms with Crippen molar-refractivity contribution in [1.82, 2.24) is 9.22 Å². The van der Waals surface area contributed by atoms with Crippen LogP contribution in [0.15, 0.2) is 15.8 Å². The first-order valence-electron chi connectivity index (χ1n) is 3.84. The Hall–Kier alpha value is -1.17. The molecular weight excluding hydrogens is 191 g/mol. The van der Waals surface area contributed by atoms with Crippen molar-refractivity contribution < 1.29 is 4.39 Å². The number of aromatic amines is 1. The first kappa shape index (κ1) is 9.91. The summed E-state index contributed by atoms with van der Waals surface area (Å²) in [6.45, 7) is 5.64. The molecule has 13 heavy (non-hydrogen) atoms. The molecule has 0 aliphatic carbocycles. The van der Waals surface area contributed by atoms with E-state index >= 15 is 0 Å². The van der Waals surface area contributed by atoms with Gasteiger partial charge in [-0.05, 0) is 0 Å². The maximum Gasteiger partial charge on any atom is 0.320 e. The fourth-order valence-corrected chi connectivity index (χ4v) is 2.11. The van der Waals surface area contributed by atoms with Gasteiger partial charge < -0.3 is 4.23 Å². The second-order valence-electron chi connectivity index (χ2n) is 3.78. The Bertz CT molecular complexity index is 429. The van der Waals surface area contributed by atoms with Gasteiger partial charge >= 0.3 is 5.69 Å². The summed E-state index contributed by atoms with van der Waals surface area (Å²) >= 11 is 0. The van der Waals surface area contributed by atoms with Crippen molar-refractivity contribution in [3.05, 3.63) is 32.9 Å². The molecule has 4 nitrogen and oxygen atoms in total. The highest BCUT2D eigenvalue weighted by molar-refractivity contribution is 6.74. The summed E-state index contributed by atoms with van der Waals surface area (Å²) < 4.78 is 14.1. The topological polar surface area (TPSA) is 54.9 Å². The zero-order valence-electron chi connectivity index (χ0n) is 7.72. The minimum absolute atomic E-state index is 0.537. The van der Waals surface area contributed by atoms with Crippen LogP contribution in [0.1, 0.15) is 0 Å². The van der Waals surface area contributed by atoms with Crippen molar-refractivity contribution in [1.29, 1.82) is 0 Å². The average Bonchev–Trinajstić information content (AvgIpc) is 1.94. The molecule has 1 aromatic rings. The molecule has 0 aromatic carbocycles. The molecule has 0 saturated carbocycles. The largest absolute Gasteiger partial charge is 0.326 e. The second kappa shape index (κ2) is 2.95. The molecule has 0 amide bonds. The maximum atomic E-state index is 12.8. The Morgan fingerprint density at radius 1 is 1.38 bits per heavy atom. The molecule has 0 atom stereocenters. The van der Waals surface area contributed by atoms with Crippen LogP contribution in [-0.4, -0.2) is 17.5 Å². The van der Waals surface area contributed by atoms with Gasteiger partial charge in [-0.25, -0.2) is 4.79 Å². The first-order valence-corrected chi connectivity index (χ1v) is 7.29. The number of nitrogens with zero attached hydrogens (tertiary/aromatic N) is 1. The average molecular weight is 202 g/mol. The molecule has 0 aliphatic heterocycles. The highest BCUT2D eigenvalue weighted by Crippen LogP contribution is 2.01. The molecule has 0 saturated heterocycles. The number of hydrogen-bond donors (Lipinski definition) is 1. The van der Waals surface area contributed by atoms with Gasteiger partial charge in [-0.15, -0.1) is 0 Å². The van der Waals surface area contributed by atoms with Crippen LogP contribution < -0.4 is 11.2 Å². The van der Waals surface area contributed by atoms with Crippen molar-refractivity contribution in [2.75, 3.05) is 0 Å². The molecule has 0 aliphatic rings. The smallest absolute Gasteiger partial charge is 0.320 e. The summed E-state index contributed by atoms with van der Waals surface area (Å²) in [6.07, 6.45) is 0.980. The van der Waals surface area contributed by atoms with E-state index in [0.717, 1.165) is 6.20 Å². The molecule has 0 unspecified atom stereocenters. The summed E-state index contributed by atoms with van der Waals surface area (Å²) in [5.74, 6) is -0.915. The predicted octanol–water partition coefficient (Wildman–Crippen LogP) is 0.359. The molecule has 6 heteroatoms. The number of halogens is 1. The number of hydrogen-bond acceptors (Lipinski definition) is 2. The van der Waals surface area contributed by atoms with E-state index in [-0.39, 0.29) is 0 Å². The van der Waals surface area contributed by atoms with Gasteiger partial charge in [0.2, 0.25) is 5.82 Å². The van der Waals surface area contributed by atoms with Crippen LogP contribution in [0.25, 0.3) is 0 Å². The molecular formula is C7H11FN2O2Si. The Balaban J connectivity index is 3.51. The van der Waals surface area contributed by atoms with Crippen LogP contribution in [0.2, 0.25) is 19.6 Å². The van der Waals surface area contributed by atoms with Gasteiger partial charge in [0, 0.05) is 6.20 Å². The van der Waals surface area contributed by atoms with E-state index in [0.29, 0.717) is 0 Å². The third-order valence-electron chi connectivity index (χ3n) is 1.62. The summed E-state index contributed by atoms with van der Waals surface area (Å²) in [5.41, 5.74) is -1.50. The molecule has 1 aromatic heterocycles. The van der Waals surface area contributed by atoms with Gasteiger partial charge in [-0.3, -0.25) is 9.78 Å². The van der Waals surface area contributed by atoms with E-state index in [1.807, 2.05) is 24.6 Å². The predicted molar refractivity (Wildman–Crippen MR) is 50.0 cm³/mol. The highest BCUT2D eigenvalue weighted by atomic mass is 28.3. The fourth-order valence-electron chi connectivity index (χ4n) is 0.946. The lowest BCUT2D eigenvalue weighted by atomic mass is 10.6. The Morgan fingerprint density at radius 3 is 2.38 bits per heavy atom. The van der Waals surface area contributed by atoms with E-state index < -0.39 is 25.3 Å². The van der Waals surface area contributed by atoms with Crippen molar-refractivity contribution in [2.24, 2.45) is 0 Å². The van der Waals surface area contributed by atoms with Crippen LogP contribution in [0, 0.1) is 5.82 Å². The number of nitrogens with one attached hydrogen (secondary N) is 1. The second-order valence-corrected chi connectivity index (χ2v) is 8.60.